The van der Waals surface area contributed by atoms with Gasteiger partial charge in [0.25, 0.3) is 0 Å². The van der Waals surface area contributed by atoms with Crippen LogP contribution < -0.4 is 4.57 Å². The first-order chi connectivity index (χ1) is 8.95. The van der Waals surface area contributed by atoms with Gasteiger partial charge in [-0.05, 0) is 23.1 Å². The Morgan fingerprint density at radius 1 is 0.947 bits per heavy atom. The summed E-state index contributed by atoms with van der Waals surface area (Å²) in [5, 5.41) is 0. The van der Waals surface area contributed by atoms with Gasteiger partial charge in [-0.25, -0.2) is 4.57 Å². The molecule has 0 atom stereocenters. The lowest BCUT2D eigenvalue weighted by Crippen LogP contribution is -2.25. The fourth-order valence-corrected chi connectivity index (χ4v) is 1.80. The zero-order valence-corrected chi connectivity index (χ0v) is 12.1. The number of nitrogens with zero attached hydrogens (tertiary/aromatic N) is 2. The molecule has 0 spiro atoms. The maximum absolute atomic E-state index is 4.50. The maximum Gasteiger partial charge on any atom is 0.169 e. The molecule has 2 rings (SSSR count). The minimum Gasteiger partial charge on any atom is -0.256 e. The molecular weight excluding hydrogens is 232 g/mol. The van der Waals surface area contributed by atoms with E-state index in [0.717, 1.165) is 11.3 Å². The van der Waals surface area contributed by atoms with Crippen molar-refractivity contribution in [3.8, 4) is 0 Å². The predicted molar refractivity (Wildman–Crippen MR) is 80.0 cm³/mol. The number of aryl methyl sites for hydroxylation is 1. The van der Waals surface area contributed by atoms with Gasteiger partial charge in [0.2, 0.25) is 0 Å². The molecule has 0 radical (unpaired) electrons. The van der Waals surface area contributed by atoms with Crippen molar-refractivity contribution >= 4 is 11.9 Å². The summed E-state index contributed by atoms with van der Waals surface area (Å²) in [6.07, 6.45) is 5.93. The van der Waals surface area contributed by atoms with Crippen molar-refractivity contribution in [1.82, 2.24) is 0 Å². The van der Waals surface area contributed by atoms with Gasteiger partial charge in [0.05, 0.1) is 5.69 Å². The molecular formula is C17H21N2+. The van der Waals surface area contributed by atoms with Crippen LogP contribution in [0.3, 0.4) is 0 Å². The van der Waals surface area contributed by atoms with Crippen molar-refractivity contribution in [2.75, 3.05) is 0 Å². The summed E-state index contributed by atoms with van der Waals surface area (Å²) in [5.74, 6) is 0. The minimum atomic E-state index is 0.191. The van der Waals surface area contributed by atoms with E-state index in [2.05, 4.69) is 50.0 Å². The number of rotatable bonds is 2. The molecule has 0 aliphatic heterocycles. The molecule has 2 heteroatoms. The molecule has 1 aromatic carbocycles. The van der Waals surface area contributed by atoms with Crippen molar-refractivity contribution < 1.29 is 4.57 Å². The third-order valence-corrected chi connectivity index (χ3v) is 3.10. The molecule has 0 saturated carbocycles. The molecule has 0 fully saturated rings. The van der Waals surface area contributed by atoms with Crippen LogP contribution in [0.1, 0.15) is 31.9 Å². The van der Waals surface area contributed by atoms with Crippen LogP contribution >= 0.6 is 0 Å². The largest absolute Gasteiger partial charge is 0.256 e. The molecule has 19 heavy (non-hydrogen) atoms. The second-order valence-corrected chi connectivity index (χ2v) is 5.85. The zero-order valence-electron chi connectivity index (χ0n) is 12.1. The van der Waals surface area contributed by atoms with E-state index in [0.29, 0.717) is 0 Å². The van der Waals surface area contributed by atoms with Crippen molar-refractivity contribution in [2.24, 2.45) is 12.0 Å². The fraction of sp³-hybridized carbons (Fsp3) is 0.294. The monoisotopic (exact) mass is 253 g/mol. The average Bonchev–Trinajstić information content (AvgIpc) is 2.37. The Hall–Kier alpha value is -1.96. The molecule has 0 amide bonds. The first kappa shape index (κ1) is 13.5. The van der Waals surface area contributed by atoms with Crippen molar-refractivity contribution in [1.29, 1.82) is 0 Å². The normalized spacial score (nSPS) is 12.0. The molecule has 0 saturated heterocycles. The molecule has 2 nitrogen and oxygen atoms in total. The highest BCUT2D eigenvalue weighted by atomic mass is 14.9. The van der Waals surface area contributed by atoms with Gasteiger partial charge in [0.15, 0.2) is 12.4 Å². The van der Waals surface area contributed by atoms with E-state index in [1.165, 1.54) is 5.56 Å². The summed E-state index contributed by atoms with van der Waals surface area (Å²) in [7, 11) is 2.01. The highest BCUT2D eigenvalue weighted by Crippen LogP contribution is 2.24. The van der Waals surface area contributed by atoms with Crippen LogP contribution in [-0.2, 0) is 12.5 Å². The summed E-state index contributed by atoms with van der Waals surface area (Å²) < 4.78 is 2.01. The van der Waals surface area contributed by atoms with E-state index in [1.807, 2.05) is 42.4 Å². The Kier molecular flexibility index (Phi) is 3.79. The van der Waals surface area contributed by atoms with Crippen LogP contribution in [0.5, 0.6) is 0 Å². The smallest absolute Gasteiger partial charge is 0.169 e. The van der Waals surface area contributed by atoms with Gasteiger partial charge in [-0.15, -0.1) is 0 Å². The Balaban J connectivity index is 2.13. The SMILES string of the molecule is C[n+]1ccc(C=Nc2ccc(C(C)(C)C)cc2)cc1. The molecule has 0 N–H and O–H groups in total. The Morgan fingerprint density at radius 3 is 2.05 bits per heavy atom. The summed E-state index contributed by atoms with van der Waals surface area (Å²) in [6, 6.07) is 12.5. The third-order valence-electron chi connectivity index (χ3n) is 3.10. The van der Waals surface area contributed by atoms with Crippen LogP contribution in [0.25, 0.3) is 0 Å². The summed E-state index contributed by atoms with van der Waals surface area (Å²) in [6.45, 7) is 6.65. The molecule has 0 unspecified atom stereocenters. The second-order valence-electron chi connectivity index (χ2n) is 5.85. The summed E-state index contributed by atoms with van der Waals surface area (Å²) >= 11 is 0. The van der Waals surface area contributed by atoms with Crippen LogP contribution in [0, 0.1) is 0 Å². The van der Waals surface area contributed by atoms with Gasteiger partial charge in [0.1, 0.15) is 7.05 Å². The van der Waals surface area contributed by atoms with E-state index >= 15 is 0 Å². The maximum atomic E-state index is 4.50. The quantitative estimate of drug-likeness (QED) is 0.575. The van der Waals surface area contributed by atoms with Gasteiger partial charge >= 0.3 is 0 Å². The van der Waals surface area contributed by atoms with E-state index < -0.39 is 0 Å². The highest BCUT2D eigenvalue weighted by Gasteiger charge is 2.12. The zero-order chi connectivity index (χ0) is 13.9. The third kappa shape index (κ3) is 3.75. The number of aromatic nitrogens is 1. The first-order valence-electron chi connectivity index (χ1n) is 6.55. The minimum absolute atomic E-state index is 0.191. The molecule has 0 aliphatic carbocycles. The van der Waals surface area contributed by atoms with Gasteiger partial charge < -0.3 is 0 Å². The van der Waals surface area contributed by atoms with Crippen molar-refractivity contribution in [2.45, 2.75) is 26.2 Å². The van der Waals surface area contributed by atoms with E-state index in [9.17, 15) is 0 Å². The van der Waals surface area contributed by atoms with Crippen LogP contribution in [0.2, 0.25) is 0 Å². The molecule has 2 aromatic rings. The van der Waals surface area contributed by atoms with Gasteiger partial charge in [-0.1, -0.05) is 32.9 Å². The highest BCUT2D eigenvalue weighted by molar-refractivity contribution is 5.81. The topological polar surface area (TPSA) is 16.2 Å². The first-order valence-corrected chi connectivity index (χ1v) is 6.55. The summed E-state index contributed by atoms with van der Waals surface area (Å²) in [5.41, 5.74) is 3.62. The van der Waals surface area contributed by atoms with Crippen molar-refractivity contribution in [3.05, 3.63) is 59.9 Å². The Labute approximate surface area is 115 Å². The summed E-state index contributed by atoms with van der Waals surface area (Å²) in [4.78, 5) is 4.50. The fourth-order valence-electron chi connectivity index (χ4n) is 1.80. The lowest BCUT2D eigenvalue weighted by molar-refractivity contribution is -0.671. The van der Waals surface area contributed by atoms with Crippen molar-refractivity contribution in [3.63, 3.8) is 0 Å². The predicted octanol–water partition coefficient (Wildman–Crippen LogP) is 3.56. The lowest BCUT2D eigenvalue weighted by Gasteiger charge is -2.18. The number of pyridine rings is 1. The number of hydrogen-bond donors (Lipinski definition) is 0. The molecule has 0 bridgehead atoms. The van der Waals surface area contributed by atoms with E-state index in [4.69, 9.17) is 0 Å². The lowest BCUT2D eigenvalue weighted by atomic mass is 9.87. The van der Waals surface area contributed by atoms with E-state index in [-0.39, 0.29) is 5.41 Å². The molecule has 98 valence electrons. The molecule has 0 aliphatic rings. The van der Waals surface area contributed by atoms with Gasteiger partial charge in [0, 0.05) is 23.9 Å². The number of aliphatic imine (C=N–C) groups is 1. The second kappa shape index (κ2) is 5.35. The van der Waals surface area contributed by atoms with Gasteiger partial charge in [-0.2, -0.15) is 0 Å². The van der Waals surface area contributed by atoms with Crippen LogP contribution in [0.4, 0.5) is 5.69 Å². The van der Waals surface area contributed by atoms with Crippen LogP contribution in [-0.4, -0.2) is 6.21 Å². The Bertz CT molecular complexity index is 558. The molecule has 1 heterocycles. The number of benzene rings is 1. The van der Waals surface area contributed by atoms with Crippen LogP contribution in [0.15, 0.2) is 53.8 Å². The standard InChI is InChI=1S/C17H21N2/c1-17(2,3)15-5-7-16(8-6-15)18-13-14-9-11-19(4)12-10-14/h5-13H,1-4H3/q+1. The number of hydrogen-bond acceptors (Lipinski definition) is 1. The Morgan fingerprint density at radius 2 is 1.53 bits per heavy atom. The average molecular weight is 253 g/mol. The van der Waals surface area contributed by atoms with Gasteiger partial charge in [-0.3, -0.25) is 4.99 Å². The molecule has 1 aromatic heterocycles. The van der Waals surface area contributed by atoms with E-state index in [1.54, 1.807) is 0 Å².